The Morgan fingerprint density at radius 2 is 1.95 bits per heavy atom. The van der Waals surface area contributed by atoms with Gasteiger partial charge in [0.2, 0.25) is 5.90 Å². The predicted molar refractivity (Wildman–Crippen MR) is 83.5 cm³/mol. The number of carbonyl (C=O) groups is 1. The highest BCUT2D eigenvalue weighted by Gasteiger charge is 2.24. The Hall–Kier alpha value is -2.17. The molecule has 2 aromatic carbocycles. The fourth-order valence-corrected chi connectivity index (χ4v) is 2.38. The summed E-state index contributed by atoms with van der Waals surface area (Å²) < 4.78 is 18.3. The minimum Gasteiger partial charge on any atom is -0.402 e. The normalized spacial score (nSPS) is 15.9. The van der Waals surface area contributed by atoms with Gasteiger partial charge in [-0.1, -0.05) is 35.3 Å². The molecule has 3 rings (SSSR count). The highest BCUT2D eigenvalue weighted by atomic mass is 35.5. The van der Waals surface area contributed by atoms with Gasteiger partial charge in [-0.3, -0.25) is 0 Å². The Morgan fingerprint density at radius 1 is 1.14 bits per heavy atom. The fourth-order valence-electron chi connectivity index (χ4n) is 1.92. The van der Waals surface area contributed by atoms with Crippen molar-refractivity contribution in [2.24, 2.45) is 4.99 Å². The van der Waals surface area contributed by atoms with Gasteiger partial charge in [-0.2, -0.15) is 0 Å². The Labute approximate surface area is 135 Å². The van der Waals surface area contributed by atoms with Gasteiger partial charge < -0.3 is 4.74 Å². The molecule has 0 fully saturated rings. The minimum absolute atomic E-state index is 0.0563. The van der Waals surface area contributed by atoms with Gasteiger partial charge in [0.15, 0.2) is 5.70 Å². The van der Waals surface area contributed by atoms with Crippen molar-refractivity contribution in [3.63, 3.8) is 0 Å². The van der Waals surface area contributed by atoms with Gasteiger partial charge in [0.25, 0.3) is 0 Å². The number of benzene rings is 2. The van der Waals surface area contributed by atoms with E-state index < -0.39 is 11.8 Å². The Morgan fingerprint density at radius 3 is 2.68 bits per heavy atom. The zero-order valence-corrected chi connectivity index (χ0v) is 12.5. The summed E-state index contributed by atoms with van der Waals surface area (Å²) in [5.41, 5.74) is 1.06. The van der Waals surface area contributed by atoms with Gasteiger partial charge in [-0.25, -0.2) is 14.2 Å². The molecule has 0 N–H and O–H groups in total. The van der Waals surface area contributed by atoms with Crippen LogP contribution in [0.4, 0.5) is 4.39 Å². The number of carbonyl (C=O) groups excluding carboxylic acids is 1. The highest BCUT2D eigenvalue weighted by Crippen LogP contribution is 2.25. The van der Waals surface area contributed by atoms with E-state index in [4.69, 9.17) is 27.9 Å². The molecule has 0 bridgehead atoms. The average Bonchev–Trinajstić information content (AvgIpc) is 2.83. The first kappa shape index (κ1) is 14.8. The van der Waals surface area contributed by atoms with E-state index in [0.29, 0.717) is 21.2 Å². The van der Waals surface area contributed by atoms with Crippen LogP contribution in [0, 0.1) is 5.82 Å². The summed E-state index contributed by atoms with van der Waals surface area (Å²) in [4.78, 5) is 15.9. The van der Waals surface area contributed by atoms with E-state index in [9.17, 15) is 9.18 Å². The van der Waals surface area contributed by atoms with Crippen LogP contribution in [0.2, 0.25) is 10.0 Å². The summed E-state index contributed by atoms with van der Waals surface area (Å²) in [7, 11) is 0. The fraction of sp³-hybridized carbons (Fsp3) is 0. The van der Waals surface area contributed by atoms with Crippen molar-refractivity contribution in [1.29, 1.82) is 0 Å². The molecule has 3 nitrogen and oxygen atoms in total. The monoisotopic (exact) mass is 335 g/mol. The third-order valence-corrected chi connectivity index (χ3v) is 3.51. The van der Waals surface area contributed by atoms with Gasteiger partial charge in [0.05, 0.1) is 0 Å². The van der Waals surface area contributed by atoms with Crippen molar-refractivity contribution in [1.82, 2.24) is 0 Å². The van der Waals surface area contributed by atoms with Crippen LogP contribution in [-0.4, -0.2) is 11.9 Å². The Bertz CT molecular complexity index is 831. The van der Waals surface area contributed by atoms with Crippen LogP contribution in [0.3, 0.4) is 0 Å². The molecule has 1 aliphatic heterocycles. The molecule has 0 amide bonds. The average molecular weight is 336 g/mol. The van der Waals surface area contributed by atoms with Gasteiger partial charge in [0, 0.05) is 15.6 Å². The van der Waals surface area contributed by atoms with E-state index in [0.717, 1.165) is 0 Å². The summed E-state index contributed by atoms with van der Waals surface area (Å²) in [5, 5.41) is 0.882. The molecule has 0 radical (unpaired) electrons. The number of halogens is 3. The zero-order valence-electron chi connectivity index (χ0n) is 11.0. The molecular formula is C16H8Cl2FNO2. The quantitative estimate of drug-likeness (QED) is 0.599. The number of rotatable bonds is 2. The predicted octanol–water partition coefficient (Wildman–Crippen LogP) is 4.48. The lowest BCUT2D eigenvalue weighted by Gasteiger charge is -1.99. The number of aliphatic imine (C=N–C) groups is 1. The standard InChI is InChI=1S/C16H8Cl2FNO2/c17-11-5-4-9(13(18)8-11)7-14-16(21)22-15(20-14)10-2-1-3-12(19)6-10/h1-8H/b14-7+. The molecule has 0 atom stereocenters. The van der Waals surface area contributed by atoms with Gasteiger partial charge in [0.1, 0.15) is 5.82 Å². The largest absolute Gasteiger partial charge is 0.402 e. The van der Waals surface area contributed by atoms with Gasteiger partial charge >= 0.3 is 5.97 Å². The molecule has 0 spiro atoms. The summed E-state index contributed by atoms with van der Waals surface area (Å²) in [6.45, 7) is 0. The first-order valence-electron chi connectivity index (χ1n) is 6.26. The summed E-state index contributed by atoms with van der Waals surface area (Å²) in [6, 6.07) is 10.5. The minimum atomic E-state index is -0.620. The third-order valence-electron chi connectivity index (χ3n) is 2.95. The number of hydrogen-bond acceptors (Lipinski definition) is 3. The molecular weight excluding hydrogens is 328 g/mol. The number of ether oxygens (including phenoxy) is 1. The van der Waals surface area contributed by atoms with Crippen molar-refractivity contribution >= 4 is 41.1 Å². The third kappa shape index (κ3) is 3.03. The van der Waals surface area contributed by atoms with Crippen molar-refractivity contribution in [3.05, 3.63) is 75.2 Å². The van der Waals surface area contributed by atoms with Crippen LogP contribution in [0.25, 0.3) is 6.08 Å². The molecule has 0 saturated carbocycles. The van der Waals surface area contributed by atoms with Crippen LogP contribution >= 0.6 is 23.2 Å². The van der Waals surface area contributed by atoms with Crippen molar-refractivity contribution < 1.29 is 13.9 Å². The number of hydrogen-bond donors (Lipinski definition) is 0. The van der Waals surface area contributed by atoms with E-state index >= 15 is 0 Å². The number of esters is 1. The van der Waals surface area contributed by atoms with E-state index in [1.165, 1.54) is 24.3 Å². The molecule has 1 heterocycles. The number of nitrogens with zero attached hydrogens (tertiary/aromatic N) is 1. The molecule has 2 aromatic rings. The first-order chi connectivity index (χ1) is 10.5. The van der Waals surface area contributed by atoms with Crippen LogP contribution in [0.15, 0.2) is 53.2 Å². The second-order valence-corrected chi connectivity index (χ2v) is 5.36. The van der Waals surface area contributed by atoms with Crippen molar-refractivity contribution in [2.45, 2.75) is 0 Å². The Kier molecular flexibility index (Phi) is 3.96. The van der Waals surface area contributed by atoms with Gasteiger partial charge in [-0.15, -0.1) is 0 Å². The van der Waals surface area contributed by atoms with E-state index in [1.807, 2.05) is 0 Å². The summed E-state index contributed by atoms with van der Waals surface area (Å²) >= 11 is 11.9. The second-order valence-electron chi connectivity index (χ2n) is 4.51. The smallest absolute Gasteiger partial charge is 0.363 e. The van der Waals surface area contributed by atoms with Gasteiger partial charge in [-0.05, 0) is 42.0 Å². The van der Waals surface area contributed by atoms with Crippen LogP contribution in [-0.2, 0) is 9.53 Å². The first-order valence-corrected chi connectivity index (χ1v) is 7.02. The summed E-state index contributed by atoms with van der Waals surface area (Å²) in [6.07, 6.45) is 1.49. The van der Waals surface area contributed by atoms with E-state index in [2.05, 4.69) is 4.99 Å². The second kappa shape index (κ2) is 5.91. The van der Waals surface area contributed by atoms with Crippen molar-refractivity contribution in [3.8, 4) is 0 Å². The summed E-state index contributed by atoms with van der Waals surface area (Å²) in [5.74, 6) is -1.000. The Balaban J connectivity index is 1.97. The van der Waals surface area contributed by atoms with Crippen molar-refractivity contribution in [2.75, 3.05) is 0 Å². The van der Waals surface area contributed by atoms with Crippen LogP contribution in [0.5, 0.6) is 0 Å². The maximum absolute atomic E-state index is 13.2. The molecule has 6 heteroatoms. The van der Waals surface area contributed by atoms with Crippen LogP contribution < -0.4 is 0 Å². The topological polar surface area (TPSA) is 38.7 Å². The molecule has 0 saturated heterocycles. The lowest BCUT2D eigenvalue weighted by atomic mass is 10.2. The molecule has 22 heavy (non-hydrogen) atoms. The molecule has 0 aliphatic carbocycles. The molecule has 0 unspecified atom stereocenters. The van der Waals surface area contributed by atoms with E-state index in [-0.39, 0.29) is 11.6 Å². The SMILES string of the molecule is O=C1OC(c2cccc(F)c2)=N/C1=C/c1ccc(Cl)cc1Cl. The highest BCUT2D eigenvalue weighted by molar-refractivity contribution is 6.35. The molecule has 110 valence electrons. The molecule has 0 aromatic heterocycles. The molecule has 1 aliphatic rings. The lowest BCUT2D eigenvalue weighted by Crippen LogP contribution is -2.05. The van der Waals surface area contributed by atoms with E-state index in [1.54, 1.807) is 24.3 Å². The maximum atomic E-state index is 13.2. The van der Waals surface area contributed by atoms with Crippen LogP contribution in [0.1, 0.15) is 11.1 Å². The zero-order chi connectivity index (χ0) is 15.7. The lowest BCUT2D eigenvalue weighted by molar-refractivity contribution is -0.129. The number of cyclic esters (lactones) is 1. The maximum Gasteiger partial charge on any atom is 0.363 e.